The van der Waals surface area contributed by atoms with Gasteiger partial charge in [-0.05, 0) is 66.7 Å². The minimum absolute atomic E-state index is 0.119. The van der Waals surface area contributed by atoms with E-state index < -0.39 is 6.09 Å². The number of fused-ring (bicyclic) bond motifs is 2. The van der Waals surface area contributed by atoms with Gasteiger partial charge in [-0.2, -0.15) is 10.1 Å². The Labute approximate surface area is 228 Å². The van der Waals surface area contributed by atoms with Crippen molar-refractivity contribution in [2.24, 2.45) is 13.0 Å². The molecular formula is C25H26N10O5. The highest BCUT2D eigenvalue weighted by molar-refractivity contribution is 5.94. The van der Waals surface area contributed by atoms with Gasteiger partial charge in [0.2, 0.25) is 5.82 Å². The first-order chi connectivity index (χ1) is 19.4. The molecule has 0 bridgehead atoms. The van der Waals surface area contributed by atoms with Gasteiger partial charge in [0.15, 0.2) is 24.8 Å². The molecule has 2 N–H and O–H groups in total. The molecule has 1 saturated heterocycles. The second-order valence-corrected chi connectivity index (χ2v) is 9.81. The molecule has 2 aromatic heterocycles. The number of nitrogens with zero attached hydrogens (tertiary/aromatic N) is 8. The zero-order valence-corrected chi connectivity index (χ0v) is 21.7. The van der Waals surface area contributed by atoms with Gasteiger partial charge in [-0.15, -0.1) is 10.2 Å². The maximum absolute atomic E-state index is 12.5. The summed E-state index contributed by atoms with van der Waals surface area (Å²) in [4.78, 5) is 35.2. The van der Waals surface area contributed by atoms with Gasteiger partial charge in [-0.3, -0.25) is 9.69 Å². The zero-order valence-electron chi connectivity index (χ0n) is 21.7. The van der Waals surface area contributed by atoms with Crippen LogP contribution in [0, 0.1) is 17.2 Å². The lowest BCUT2D eigenvalue weighted by Crippen LogP contribution is -2.30. The number of hydrogen-bond acceptors (Lipinski definition) is 12. The number of aromatic nitrogens is 6. The molecule has 6 rings (SSSR count). The van der Waals surface area contributed by atoms with Crippen molar-refractivity contribution in [3.05, 3.63) is 40.8 Å². The van der Waals surface area contributed by atoms with E-state index in [1.54, 1.807) is 13.1 Å². The molecule has 2 atom stereocenters. The van der Waals surface area contributed by atoms with E-state index in [9.17, 15) is 14.9 Å². The van der Waals surface area contributed by atoms with Crippen LogP contribution in [0.1, 0.15) is 28.9 Å². The number of anilines is 2. The molecule has 1 aromatic carbocycles. The van der Waals surface area contributed by atoms with Gasteiger partial charge in [0.25, 0.3) is 11.8 Å². The normalized spacial score (nSPS) is 19.4. The molecule has 1 aliphatic carbocycles. The summed E-state index contributed by atoms with van der Waals surface area (Å²) in [6.45, 7) is 1.81. The largest absolute Gasteiger partial charge is 0.485 e. The van der Waals surface area contributed by atoms with Crippen LogP contribution in [0.5, 0.6) is 11.6 Å². The molecule has 40 heavy (non-hydrogen) atoms. The molecular weight excluding hydrogens is 520 g/mol. The summed E-state index contributed by atoms with van der Waals surface area (Å²) >= 11 is 0. The fraction of sp³-hybridized carbons (Fsp3) is 0.440. The lowest BCUT2D eigenvalue weighted by atomic mass is 10.0. The van der Waals surface area contributed by atoms with Crippen LogP contribution < -0.4 is 25.0 Å². The number of nitrogens with one attached hydrogen (secondary N) is 2. The number of cyclic esters (lactones) is 1. The van der Waals surface area contributed by atoms with Crippen molar-refractivity contribution < 1.29 is 23.8 Å². The SMILES string of the molecule is Cn1nnc(COc2cc(C#N)c3c(c2)CC(CNCCC2CN(c4cnc5c(n4)NC(=O)CO5)C(=O)O2)C3)n1. The summed E-state index contributed by atoms with van der Waals surface area (Å²) in [6, 6.07) is 6.05. The van der Waals surface area contributed by atoms with Crippen LogP contribution in [-0.4, -0.2) is 74.5 Å². The van der Waals surface area contributed by atoms with Crippen LogP contribution >= 0.6 is 0 Å². The van der Waals surface area contributed by atoms with Crippen molar-refractivity contribution in [1.82, 2.24) is 35.5 Å². The molecule has 3 aromatic rings. The molecule has 0 radical (unpaired) electrons. The number of nitriles is 1. The first-order valence-corrected chi connectivity index (χ1v) is 12.9. The third-order valence-corrected chi connectivity index (χ3v) is 6.91. The first-order valence-electron chi connectivity index (χ1n) is 12.9. The van der Waals surface area contributed by atoms with Gasteiger partial charge in [-0.25, -0.2) is 14.8 Å². The molecule has 2 unspecified atom stereocenters. The van der Waals surface area contributed by atoms with E-state index in [1.165, 1.54) is 15.9 Å². The number of carbonyl (C=O) groups is 2. The number of rotatable bonds is 9. The van der Waals surface area contributed by atoms with E-state index in [4.69, 9.17) is 14.2 Å². The van der Waals surface area contributed by atoms with E-state index >= 15 is 0 Å². The molecule has 2 aliphatic heterocycles. The number of tetrazole rings is 1. The molecule has 0 saturated carbocycles. The lowest BCUT2D eigenvalue weighted by molar-refractivity contribution is -0.118. The number of aryl methyl sites for hydroxylation is 1. The fourth-order valence-corrected chi connectivity index (χ4v) is 5.07. The Balaban J connectivity index is 0.979. The summed E-state index contributed by atoms with van der Waals surface area (Å²) < 4.78 is 16.6. The highest BCUT2D eigenvalue weighted by Crippen LogP contribution is 2.33. The van der Waals surface area contributed by atoms with Crippen molar-refractivity contribution >= 4 is 23.6 Å². The minimum atomic E-state index is -0.509. The molecule has 15 nitrogen and oxygen atoms in total. The quantitative estimate of drug-likeness (QED) is 0.355. The standard InChI is InChI=1S/C25H26N10O5/c1-34-32-20(31-33-34)12-38-18-6-15-4-14(5-19(15)16(7-18)8-26)9-27-3-2-17-11-35(25(37)40-17)21-10-28-24-23(29-21)30-22(36)13-39-24/h6-7,10,14,17,27H,2-5,9,11-13H2,1H3,(H,29,30,36). The Morgan fingerprint density at radius 2 is 2.20 bits per heavy atom. The molecule has 15 heteroatoms. The van der Waals surface area contributed by atoms with Crippen molar-refractivity contribution in [2.75, 3.05) is 36.5 Å². The second-order valence-electron chi connectivity index (χ2n) is 9.81. The summed E-state index contributed by atoms with van der Waals surface area (Å²) in [5.41, 5.74) is 2.80. The van der Waals surface area contributed by atoms with Crippen LogP contribution in [0.3, 0.4) is 0 Å². The minimum Gasteiger partial charge on any atom is -0.485 e. The second kappa shape index (κ2) is 10.7. The molecule has 0 spiro atoms. The Bertz CT molecular complexity index is 1500. The van der Waals surface area contributed by atoms with Crippen molar-refractivity contribution in [1.29, 1.82) is 5.26 Å². The van der Waals surface area contributed by atoms with E-state index in [1.807, 2.05) is 6.07 Å². The highest BCUT2D eigenvalue weighted by atomic mass is 16.6. The summed E-state index contributed by atoms with van der Waals surface area (Å²) in [5, 5.41) is 27.6. The average Bonchev–Trinajstić information content (AvgIpc) is 3.66. The first kappa shape index (κ1) is 25.4. The third kappa shape index (κ3) is 5.34. The number of hydrogen-bond donors (Lipinski definition) is 2. The third-order valence-electron chi connectivity index (χ3n) is 6.91. The summed E-state index contributed by atoms with van der Waals surface area (Å²) in [5.74, 6) is 1.79. The number of ether oxygens (including phenoxy) is 3. The van der Waals surface area contributed by atoms with Crippen LogP contribution in [0.25, 0.3) is 0 Å². The number of carbonyl (C=O) groups excluding carboxylic acids is 2. The molecule has 3 aliphatic rings. The van der Waals surface area contributed by atoms with Crippen LogP contribution in [-0.2, 0) is 36.0 Å². The highest BCUT2D eigenvalue weighted by Gasteiger charge is 2.34. The van der Waals surface area contributed by atoms with E-state index in [0.717, 1.165) is 30.5 Å². The fourth-order valence-electron chi connectivity index (χ4n) is 5.07. The Kier molecular flexibility index (Phi) is 6.83. The topological polar surface area (TPSA) is 182 Å². The predicted molar refractivity (Wildman–Crippen MR) is 136 cm³/mol. The van der Waals surface area contributed by atoms with Gasteiger partial charge in [0.1, 0.15) is 11.9 Å². The summed E-state index contributed by atoms with van der Waals surface area (Å²) in [7, 11) is 1.69. The maximum atomic E-state index is 12.5. The van der Waals surface area contributed by atoms with Crippen LogP contribution in [0.15, 0.2) is 18.3 Å². The van der Waals surface area contributed by atoms with Crippen LogP contribution in [0.2, 0.25) is 0 Å². The average molecular weight is 547 g/mol. The van der Waals surface area contributed by atoms with Gasteiger partial charge in [-0.1, -0.05) is 0 Å². The lowest BCUT2D eigenvalue weighted by Gasteiger charge is -2.18. The van der Waals surface area contributed by atoms with E-state index in [0.29, 0.717) is 48.4 Å². The Morgan fingerprint density at radius 1 is 1.30 bits per heavy atom. The maximum Gasteiger partial charge on any atom is 0.415 e. The number of benzene rings is 1. The van der Waals surface area contributed by atoms with Crippen molar-refractivity contribution in [3.63, 3.8) is 0 Å². The molecule has 206 valence electrons. The molecule has 2 amide bonds. The van der Waals surface area contributed by atoms with Crippen LogP contribution in [0.4, 0.5) is 16.4 Å². The Morgan fingerprint density at radius 3 is 3.02 bits per heavy atom. The van der Waals surface area contributed by atoms with Crippen molar-refractivity contribution in [3.8, 4) is 17.7 Å². The number of amides is 2. The zero-order chi connectivity index (χ0) is 27.6. The van der Waals surface area contributed by atoms with Gasteiger partial charge in [0, 0.05) is 0 Å². The van der Waals surface area contributed by atoms with E-state index in [2.05, 4.69) is 42.1 Å². The smallest absolute Gasteiger partial charge is 0.415 e. The van der Waals surface area contributed by atoms with Gasteiger partial charge < -0.3 is 24.8 Å². The predicted octanol–water partition coefficient (Wildman–Crippen LogP) is 0.502. The van der Waals surface area contributed by atoms with Gasteiger partial charge in [0.05, 0.1) is 31.4 Å². The van der Waals surface area contributed by atoms with E-state index in [-0.39, 0.29) is 36.9 Å². The molecule has 1 fully saturated rings. The van der Waals surface area contributed by atoms with Crippen molar-refractivity contribution in [2.45, 2.75) is 32.0 Å². The summed E-state index contributed by atoms with van der Waals surface area (Å²) in [6.07, 6.45) is 2.87. The monoisotopic (exact) mass is 546 g/mol. The Hall–Kier alpha value is -4.84. The van der Waals surface area contributed by atoms with Gasteiger partial charge >= 0.3 is 6.09 Å². The molecule has 4 heterocycles.